The zero-order valence-electron chi connectivity index (χ0n) is 15.3. The Kier molecular flexibility index (Phi) is 5.42. The number of hydrogen-bond donors (Lipinski definition) is 1. The molecule has 25 heavy (non-hydrogen) atoms. The fourth-order valence-electron chi connectivity index (χ4n) is 4.15. The lowest BCUT2D eigenvalue weighted by Gasteiger charge is -2.38. The Morgan fingerprint density at radius 1 is 1.24 bits per heavy atom. The number of hydrogen-bond acceptors (Lipinski definition) is 4. The van der Waals surface area contributed by atoms with Gasteiger partial charge in [-0.05, 0) is 44.7 Å². The van der Waals surface area contributed by atoms with Gasteiger partial charge in [0.05, 0.1) is 18.2 Å². The summed E-state index contributed by atoms with van der Waals surface area (Å²) in [4.78, 5) is 28.4. The second kappa shape index (κ2) is 7.56. The number of aryl methyl sites for hydroxylation is 2. The molecular weight excluding hydrogens is 318 g/mol. The largest absolute Gasteiger partial charge is 0.368 e. The van der Waals surface area contributed by atoms with E-state index in [0.717, 1.165) is 63.1 Å². The van der Waals surface area contributed by atoms with Gasteiger partial charge in [-0.15, -0.1) is 0 Å². The van der Waals surface area contributed by atoms with Gasteiger partial charge in [-0.1, -0.05) is 6.92 Å². The van der Waals surface area contributed by atoms with E-state index in [9.17, 15) is 9.59 Å². The third-order valence-electron chi connectivity index (χ3n) is 5.63. The van der Waals surface area contributed by atoms with E-state index < -0.39 is 0 Å². The van der Waals surface area contributed by atoms with Gasteiger partial charge in [0.1, 0.15) is 0 Å². The first-order valence-electron chi connectivity index (χ1n) is 9.34. The van der Waals surface area contributed by atoms with Crippen molar-refractivity contribution in [2.75, 3.05) is 19.6 Å². The first-order chi connectivity index (χ1) is 12.0. The van der Waals surface area contributed by atoms with Crippen LogP contribution < -0.4 is 5.73 Å². The molecule has 0 aromatic carbocycles. The van der Waals surface area contributed by atoms with Crippen LogP contribution in [0.2, 0.25) is 0 Å². The Morgan fingerprint density at radius 3 is 2.56 bits per heavy atom. The van der Waals surface area contributed by atoms with Gasteiger partial charge in [-0.3, -0.25) is 19.2 Å². The molecule has 1 aromatic rings. The van der Waals surface area contributed by atoms with E-state index in [0.29, 0.717) is 12.5 Å². The lowest BCUT2D eigenvalue weighted by Crippen LogP contribution is -2.51. The van der Waals surface area contributed by atoms with Crippen molar-refractivity contribution in [2.45, 2.75) is 57.5 Å². The van der Waals surface area contributed by atoms with Crippen LogP contribution in [0.4, 0.5) is 0 Å². The lowest BCUT2D eigenvalue weighted by molar-refractivity contribution is -0.133. The summed E-state index contributed by atoms with van der Waals surface area (Å²) in [7, 11) is 1.89. The van der Waals surface area contributed by atoms with Gasteiger partial charge in [-0.25, -0.2) is 0 Å². The van der Waals surface area contributed by atoms with Crippen molar-refractivity contribution in [3.05, 3.63) is 17.5 Å². The van der Waals surface area contributed by atoms with Crippen LogP contribution in [-0.2, 0) is 29.5 Å². The van der Waals surface area contributed by atoms with Crippen molar-refractivity contribution < 1.29 is 9.59 Å². The summed E-state index contributed by atoms with van der Waals surface area (Å²) in [5.74, 6) is -0.0454. The van der Waals surface area contributed by atoms with E-state index in [1.165, 1.54) is 0 Å². The van der Waals surface area contributed by atoms with Crippen LogP contribution in [0.3, 0.4) is 0 Å². The van der Waals surface area contributed by atoms with Gasteiger partial charge >= 0.3 is 0 Å². The van der Waals surface area contributed by atoms with Crippen molar-refractivity contribution in [3.8, 4) is 0 Å². The Morgan fingerprint density at radius 2 is 1.96 bits per heavy atom. The molecule has 2 aliphatic heterocycles. The number of primary amides is 1. The summed E-state index contributed by atoms with van der Waals surface area (Å²) >= 11 is 0. The maximum atomic E-state index is 12.6. The molecule has 1 atom stereocenters. The number of aromatic nitrogens is 2. The summed E-state index contributed by atoms with van der Waals surface area (Å²) in [6.07, 6.45) is 5.02. The molecule has 2 amide bonds. The van der Waals surface area contributed by atoms with E-state index in [-0.39, 0.29) is 17.9 Å². The Bertz CT molecular complexity index is 633. The molecule has 2 saturated heterocycles. The number of carbonyl (C=O) groups excluding carboxylic acids is 2. The third-order valence-corrected chi connectivity index (χ3v) is 5.63. The minimum atomic E-state index is -0.209. The van der Waals surface area contributed by atoms with Crippen LogP contribution in [0.15, 0.2) is 6.07 Å². The number of nitrogens with two attached hydrogens (primary N) is 1. The summed E-state index contributed by atoms with van der Waals surface area (Å²) in [5.41, 5.74) is 7.52. The van der Waals surface area contributed by atoms with Crippen molar-refractivity contribution in [3.63, 3.8) is 0 Å². The third kappa shape index (κ3) is 3.86. The molecule has 0 spiro atoms. The van der Waals surface area contributed by atoms with Gasteiger partial charge < -0.3 is 10.6 Å². The lowest BCUT2D eigenvalue weighted by atomic mass is 10.0. The highest BCUT2D eigenvalue weighted by Crippen LogP contribution is 2.26. The highest BCUT2D eigenvalue weighted by atomic mass is 16.2. The predicted octanol–water partition coefficient (Wildman–Crippen LogP) is 0.466. The van der Waals surface area contributed by atoms with E-state index in [2.05, 4.69) is 16.9 Å². The summed E-state index contributed by atoms with van der Waals surface area (Å²) in [6.45, 7) is 4.52. The van der Waals surface area contributed by atoms with E-state index in [1.54, 1.807) is 0 Å². The Balaban J connectivity index is 1.54. The SMILES string of the molecule is CCc1cc(CC(=O)N2CCC(N3CCCC3C(N)=O)CC2)n(C)n1. The molecule has 7 nitrogen and oxygen atoms in total. The van der Waals surface area contributed by atoms with Gasteiger partial charge in [0.2, 0.25) is 11.8 Å². The molecule has 3 rings (SSSR count). The smallest absolute Gasteiger partial charge is 0.234 e. The number of nitrogens with zero attached hydrogens (tertiary/aromatic N) is 4. The van der Waals surface area contributed by atoms with E-state index in [1.807, 2.05) is 22.7 Å². The highest BCUT2D eigenvalue weighted by molar-refractivity contribution is 5.80. The second-order valence-corrected chi connectivity index (χ2v) is 7.19. The highest BCUT2D eigenvalue weighted by Gasteiger charge is 2.36. The number of amides is 2. The molecule has 0 aliphatic carbocycles. The maximum Gasteiger partial charge on any atom is 0.234 e. The van der Waals surface area contributed by atoms with Crippen molar-refractivity contribution in [1.29, 1.82) is 0 Å². The average molecular weight is 347 g/mol. The fraction of sp³-hybridized carbons (Fsp3) is 0.722. The maximum absolute atomic E-state index is 12.6. The van der Waals surface area contributed by atoms with Crippen molar-refractivity contribution in [2.24, 2.45) is 12.8 Å². The molecule has 138 valence electrons. The molecule has 1 aromatic heterocycles. The monoisotopic (exact) mass is 347 g/mol. The van der Waals surface area contributed by atoms with Crippen LogP contribution in [0.1, 0.15) is 44.0 Å². The number of piperidine rings is 1. The molecule has 0 radical (unpaired) electrons. The van der Waals surface area contributed by atoms with Crippen molar-refractivity contribution >= 4 is 11.8 Å². The Labute approximate surface area is 149 Å². The van der Waals surface area contributed by atoms with Crippen LogP contribution in [0.5, 0.6) is 0 Å². The molecule has 2 fully saturated rings. The summed E-state index contributed by atoms with van der Waals surface area (Å²) in [5, 5.41) is 4.41. The predicted molar refractivity (Wildman–Crippen MR) is 94.8 cm³/mol. The standard InChI is InChI=1S/C18H29N5O2/c1-3-13-11-15(21(2)20-13)12-17(24)22-9-6-14(7-10-22)23-8-4-5-16(23)18(19)25/h11,14,16H,3-10,12H2,1-2H3,(H2,19,25). The number of likely N-dealkylation sites (tertiary alicyclic amines) is 2. The first kappa shape index (κ1) is 17.9. The van der Waals surface area contributed by atoms with E-state index in [4.69, 9.17) is 5.73 Å². The first-order valence-corrected chi connectivity index (χ1v) is 9.34. The zero-order chi connectivity index (χ0) is 18.0. The topological polar surface area (TPSA) is 84.5 Å². The van der Waals surface area contributed by atoms with Gasteiger partial charge in [0.15, 0.2) is 0 Å². The molecule has 2 N–H and O–H groups in total. The molecule has 7 heteroatoms. The minimum absolute atomic E-state index is 0.117. The quantitative estimate of drug-likeness (QED) is 0.839. The normalized spacial score (nSPS) is 22.5. The Hall–Kier alpha value is -1.89. The molecule has 3 heterocycles. The zero-order valence-corrected chi connectivity index (χ0v) is 15.3. The average Bonchev–Trinajstić information content (AvgIpc) is 3.22. The van der Waals surface area contributed by atoms with Gasteiger partial charge in [0, 0.05) is 31.9 Å². The second-order valence-electron chi connectivity index (χ2n) is 7.19. The fourth-order valence-corrected chi connectivity index (χ4v) is 4.15. The number of carbonyl (C=O) groups is 2. The minimum Gasteiger partial charge on any atom is -0.368 e. The van der Waals surface area contributed by atoms with Crippen LogP contribution in [0, 0.1) is 0 Å². The summed E-state index contributed by atoms with van der Waals surface area (Å²) in [6, 6.07) is 2.27. The molecular formula is C18H29N5O2. The van der Waals surface area contributed by atoms with Crippen LogP contribution in [0.25, 0.3) is 0 Å². The van der Waals surface area contributed by atoms with Crippen LogP contribution in [-0.4, -0.2) is 63.1 Å². The van der Waals surface area contributed by atoms with Gasteiger partial charge in [-0.2, -0.15) is 5.10 Å². The van der Waals surface area contributed by atoms with Gasteiger partial charge in [0.25, 0.3) is 0 Å². The van der Waals surface area contributed by atoms with E-state index >= 15 is 0 Å². The number of rotatable bonds is 5. The summed E-state index contributed by atoms with van der Waals surface area (Å²) < 4.78 is 1.81. The molecule has 2 aliphatic rings. The van der Waals surface area contributed by atoms with Crippen molar-refractivity contribution in [1.82, 2.24) is 19.6 Å². The molecule has 0 saturated carbocycles. The molecule has 0 bridgehead atoms. The molecule has 1 unspecified atom stereocenters. The van der Waals surface area contributed by atoms with Crippen LogP contribution >= 0.6 is 0 Å².